The largest absolute Gasteiger partial charge is 0.389 e. The monoisotopic (exact) mass is 213 g/mol. The van der Waals surface area contributed by atoms with Crippen LogP contribution in [0.25, 0.3) is 0 Å². The first kappa shape index (κ1) is 13.0. The Balaban J connectivity index is 2.23. The highest BCUT2D eigenvalue weighted by molar-refractivity contribution is 4.87. The molecular formula is C13H27NO. The maximum Gasteiger partial charge on any atom is 0.0771 e. The van der Waals surface area contributed by atoms with Crippen molar-refractivity contribution in [2.24, 2.45) is 11.8 Å². The van der Waals surface area contributed by atoms with Crippen molar-refractivity contribution in [2.75, 3.05) is 13.1 Å². The summed E-state index contributed by atoms with van der Waals surface area (Å²) in [4.78, 5) is 0. The van der Waals surface area contributed by atoms with Gasteiger partial charge in [-0.05, 0) is 38.1 Å². The van der Waals surface area contributed by atoms with Crippen LogP contribution in [0.15, 0.2) is 0 Å². The summed E-state index contributed by atoms with van der Waals surface area (Å²) in [5, 5.41) is 13.7. The third kappa shape index (κ3) is 4.12. The van der Waals surface area contributed by atoms with Crippen LogP contribution in [0.3, 0.4) is 0 Å². The smallest absolute Gasteiger partial charge is 0.0771 e. The van der Waals surface area contributed by atoms with Crippen molar-refractivity contribution in [1.82, 2.24) is 5.32 Å². The molecule has 90 valence electrons. The molecule has 2 atom stereocenters. The van der Waals surface area contributed by atoms with Crippen LogP contribution in [0, 0.1) is 11.8 Å². The summed E-state index contributed by atoms with van der Waals surface area (Å²) in [7, 11) is 0. The summed E-state index contributed by atoms with van der Waals surface area (Å²) < 4.78 is 0. The molecule has 15 heavy (non-hydrogen) atoms. The van der Waals surface area contributed by atoms with Gasteiger partial charge in [-0.1, -0.05) is 33.1 Å². The molecule has 0 aromatic carbocycles. The standard InChI is InChI=1S/C13H27NO/c1-4-11(2)9-14-10-13(3,15)12-7-5-6-8-12/h11-12,14-15H,4-10H2,1-3H3. The molecule has 1 rings (SSSR count). The average Bonchev–Trinajstić information content (AvgIpc) is 2.70. The molecule has 0 heterocycles. The molecule has 1 aliphatic carbocycles. The predicted octanol–water partition coefficient (Wildman–Crippen LogP) is 2.56. The van der Waals surface area contributed by atoms with Crippen molar-refractivity contribution in [3.63, 3.8) is 0 Å². The molecule has 2 N–H and O–H groups in total. The first-order valence-corrected chi connectivity index (χ1v) is 6.49. The van der Waals surface area contributed by atoms with Crippen LogP contribution >= 0.6 is 0 Å². The van der Waals surface area contributed by atoms with Crippen molar-refractivity contribution >= 4 is 0 Å². The summed E-state index contributed by atoms with van der Waals surface area (Å²) in [5.41, 5.74) is -0.496. The fraction of sp³-hybridized carbons (Fsp3) is 1.00. The van der Waals surface area contributed by atoms with Gasteiger partial charge in [-0.3, -0.25) is 0 Å². The molecule has 1 saturated carbocycles. The molecule has 0 saturated heterocycles. The first-order chi connectivity index (χ1) is 7.06. The predicted molar refractivity (Wildman–Crippen MR) is 64.9 cm³/mol. The molecule has 0 radical (unpaired) electrons. The van der Waals surface area contributed by atoms with E-state index in [2.05, 4.69) is 19.2 Å². The van der Waals surface area contributed by atoms with Crippen molar-refractivity contribution in [3.8, 4) is 0 Å². The van der Waals surface area contributed by atoms with Gasteiger partial charge in [0.25, 0.3) is 0 Å². The van der Waals surface area contributed by atoms with Gasteiger partial charge < -0.3 is 10.4 Å². The van der Waals surface area contributed by atoms with E-state index in [0.717, 1.165) is 13.1 Å². The molecule has 0 amide bonds. The van der Waals surface area contributed by atoms with Gasteiger partial charge in [-0.25, -0.2) is 0 Å². The lowest BCUT2D eigenvalue weighted by Gasteiger charge is -2.30. The second-order valence-electron chi connectivity index (χ2n) is 5.48. The van der Waals surface area contributed by atoms with Crippen LogP contribution in [0.5, 0.6) is 0 Å². The van der Waals surface area contributed by atoms with Crippen molar-refractivity contribution in [3.05, 3.63) is 0 Å². The molecule has 0 aromatic heterocycles. The van der Waals surface area contributed by atoms with Gasteiger partial charge in [-0.2, -0.15) is 0 Å². The zero-order valence-corrected chi connectivity index (χ0v) is 10.6. The van der Waals surface area contributed by atoms with E-state index in [1.807, 2.05) is 6.92 Å². The highest BCUT2D eigenvalue weighted by atomic mass is 16.3. The molecule has 0 spiro atoms. The zero-order chi connectivity index (χ0) is 11.3. The Morgan fingerprint density at radius 3 is 2.53 bits per heavy atom. The first-order valence-electron chi connectivity index (χ1n) is 6.49. The van der Waals surface area contributed by atoms with Crippen molar-refractivity contribution in [1.29, 1.82) is 0 Å². The Bertz CT molecular complexity index is 173. The van der Waals surface area contributed by atoms with Crippen LogP contribution in [0.4, 0.5) is 0 Å². The quantitative estimate of drug-likeness (QED) is 0.711. The molecule has 2 unspecified atom stereocenters. The Labute approximate surface area is 94.5 Å². The van der Waals surface area contributed by atoms with Crippen LogP contribution in [0.1, 0.15) is 52.9 Å². The van der Waals surface area contributed by atoms with E-state index in [1.165, 1.54) is 32.1 Å². The van der Waals surface area contributed by atoms with E-state index in [-0.39, 0.29) is 0 Å². The SMILES string of the molecule is CCC(C)CNCC(C)(O)C1CCCC1. The van der Waals surface area contributed by atoms with E-state index >= 15 is 0 Å². The van der Waals surface area contributed by atoms with Gasteiger partial charge in [0.05, 0.1) is 5.60 Å². The van der Waals surface area contributed by atoms with Gasteiger partial charge >= 0.3 is 0 Å². The van der Waals surface area contributed by atoms with Gasteiger partial charge in [-0.15, -0.1) is 0 Å². The molecule has 0 bridgehead atoms. The molecule has 0 aliphatic heterocycles. The third-order valence-corrected chi connectivity index (χ3v) is 3.91. The summed E-state index contributed by atoms with van der Waals surface area (Å²) >= 11 is 0. The van der Waals surface area contributed by atoms with E-state index in [9.17, 15) is 5.11 Å². The minimum atomic E-state index is -0.496. The van der Waals surface area contributed by atoms with Gasteiger partial charge in [0.15, 0.2) is 0 Å². The normalized spacial score (nSPS) is 24.0. The fourth-order valence-corrected chi connectivity index (χ4v) is 2.41. The number of hydrogen-bond acceptors (Lipinski definition) is 2. The van der Waals surface area contributed by atoms with Crippen molar-refractivity contribution < 1.29 is 5.11 Å². The molecular weight excluding hydrogens is 186 g/mol. The van der Waals surface area contributed by atoms with E-state index < -0.39 is 5.60 Å². The second-order valence-corrected chi connectivity index (χ2v) is 5.48. The Morgan fingerprint density at radius 2 is 2.00 bits per heavy atom. The molecule has 1 aliphatic rings. The van der Waals surface area contributed by atoms with Crippen LogP contribution in [-0.4, -0.2) is 23.8 Å². The highest BCUT2D eigenvalue weighted by Gasteiger charge is 2.33. The third-order valence-electron chi connectivity index (χ3n) is 3.91. The van der Waals surface area contributed by atoms with E-state index in [4.69, 9.17) is 0 Å². The molecule has 0 aromatic rings. The minimum absolute atomic E-state index is 0.496. The Kier molecular flexibility index (Phi) is 5.07. The van der Waals surface area contributed by atoms with Crippen LogP contribution in [-0.2, 0) is 0 Å². The minimum Gasteiger partial charge on any atom is -0.389 e. The van der Waals surface area contributed by atoms with Crippen LogP contribution in [0.2, 0.25) is 0 Å². The lowest BCUT2D eigenvalue weighted by atomic mass is 9.87. The van der Waals surface area contributed by atoms with Crippen LogP contribution < -0.4 is 5.32 Å². The van der Waals surface area contributed by atoms with Gasteiger partial charge in [0, 0.05) is 6.54 Å². The van der Waals surface area contributed by atoms with Gasteiger partial charge in [0.2, 0.25) is 0 Å². The highest BCUT2D eigenvalue weighted by Crippen LogP contribution is 2.33. The fourth-order valence-electron chi connectivity index (χ4n) is 2.41. The summed E-state index contributed by atoms with van der Waals surface area (Å²) in [6.07, 6.45) is 6.22. The number of nitrogens with one attached hydrogen (secondary N) is 1. The number of hydrogen-bond donors (Lipinski definition) is 2. The topological polar surface area (TPSA) is 32.3 Å². The summed E-state index contributed by atoms with van der Waals surface area (Å²) in [6.45, 7) is 8.23. The second kappa shape index (κ2) is 5.86. The lowest BCUT2D eigenvalue weighted by Crippen LogP contribution is -2.44. The average molecular weight is 213 g/mol. The maximum atomic E-state index is 10.3. The zero-order valence-electron chi connectivity index (χ0n) is 10.6. The van der Waals surface area contributed by atoms with Gasteiger partial charge in [0.1, 0.15) is 0 Å². The number of rotatable bonds is 6. The van der Waals surface area contributed by atoms with E-state index in [1.54, 1.807) is 0 Å². The summed E-state index contributed by atoms with van der Waals surface area (Å²) in [6, 6.07) is 0. The lowest BCUT2D eigenvalue weighted by molar-refractivity contribution is 0.00193. The summed E-state index contributed by atoms with van der Waals surface area (Å²) in [5.74, 6) is 1.23. The Morgan fingerprint density at radius 1 is 1.40 bits per heavy atom. The molecule has 1 fully saturated rings. The van der Waals surface area contributed by atoms with Crippen molar-refractivity contribution in [2.45, 2.75) is 58.5 Å². The number of aliphatic hydroxyl groups is 1. The molecule has 2 heteroatoms. The maximum absolute atomic E-state index is 10.3. The molecule has 2 nitrogen and oxygen atoms in total. The van der Waals surface area contributed by atoms with E-state index in [0.29, 0.717) is 11.8 Å². The Hall–Kier alpha value is -0.0800.